The van der Waals surface area contributed by atoms with Crippen LogP contribution in [0, 0.1) is 24.2 Å². The maximum atomic E-state index is 11.8. The lowest BCUT2D eigenvalue weighted by atomic mass is 9.92. The van der Waals surface area contributed by atoms with E-state index in [0.29, 0.717) is 18.2 Å². The highest BCUT2D eigenvalue weighted by molar-refractivity contribution is 5.94. The Bertz CT molecular complexity index is 1270. The third-order valence-electron chi connectivity index (χ3n) is 6.52. The van der Waals surface area contributed by atoms with Crippen LogP contribution in [0.25, 0.3) is 11.3 Å². The number of Topliss-reactive ketones (excluding diaryl/α,β-unsaturated/α-hetero) is 2. The highest BCUT2D eigenvalue weighted by Gasteiger charge is 2.13. The zero-order valence-corrected chi connectivity index (χ0v) is 24.6. The van der Waals surface area contributed by atoms with Crippen LogP contribution in [0.15, 0.2) is 48.7 Å². The number of nitriles is 1. The Balaban J connectivity index is 0.000000322. The van der Waals surface area contributed by atoms with Gasteiger partial charge in [-0.2, -0.15) is 5.26 Å². The van der Waals surface area contributed by atoms with Crippen LogP contribution in [0.2, 0.25) is 0 Å². The first-order valence-electron chi connectivity index (χ1n) is 13.9. The van der Waals surface area contributed by atoms with Crippen molar-refractivity contribution in [3.05, 3.63) is 71.2 Å². The minimum absolute atomic E-state index is 0.000370. The van der Waals surface area contributed by atoms with Gasteiger partial charge in [0.25, 0.3) is 0 Å². The molecule has 0 amide bonds. The summed E-state index contributed by atoms with van der Waals surface area (Å²) in [6.45, 7) is 14.1. The molecule has 0 aliphatic heterocycles. The fraction of sp³-hybridized carbons (Fsp3) is 0.455. The van der Waals surface area contributed by atoms with E-state index in [1.165, 1.54) is 5.56 Å². The van der Waals surface area contributed by atoms with Crippen molar-refractivity contribution in [2.45, 2.75) is 93.2 Å². The van der Waals surface area contributed by atoms with E-state index < -0.39 is 0 Å². The van der Waals surface area contributed by atoms with Crippen LogP contribution in [0.3, 0.4) is 0 Å². The van der Waals surface area contributed by atoms with Gasteiger partial charge >= 0.3 is 0 Å². The highest BCUT2D eigenvalue weighted by atomic mass is 16.5. The minimum Gasteiger partial charge on any atom is -0.491 e. The van der Waals surface area contributed by atoms with E-state index >= 15 is 0 Å². The third kappa shape index (κ3) is 9.83. The van der Waals surface area contributed by atoms with E-state index in [1.807, 2.05) is 43.7 Å². The average molecular weight is 530 g/mol. The molecule has 2 aromatic carbocycles. The number of hydrogen-bond acceptors (Lipinski definition) is 5. The smallest absolute Gasteiger partial charge is 0.195 e. The molecule has 0 saturated carbocycles. The quantitative estimate of drug-likeness (QED) is 0.222. The molecule has 0 fully saturated rings. The van der Waals surface area contributed by atoms with E-state index in [1.54, 1.807) is 19.9 Å². The van der Waals surface area contributed by atoms with E-state index in [-0.39, 0.29) is 17.7 Å². The van der Waals surface area contributed by atoms with Crippen molar-refractivity contribution in [1.82, 2.24) is 9.55 Å². The summed E-state index contributed by atoms with van der Waals surface area (Å²) in [4.78, 5) is 27.4. The lowest BCUT2D eigenvalue weighted by Gasteiger charge is -2.13. The predicted octanol–water partition coefficient (Wildman–Crippen LogP) is 8.02. The zero-order valence-electron chi connectivity index (χ0n) is 24.6. The summed E-state index contributed by atoms with van der Waals surface area (Å²) in [5.41, 5.74) is 4.91. The number of imidazole rings is 1. The summed E-state index contributed by atoms with van der Waals surface area (Å²) in [7, 11) is 0. The molecular weight excluding hydrogens is 486 g/mol. The monoisotopic (exact) mass is 529 g/mol. The van der Waals surface area contributed by atoms with Gasteiger partial charge in [-0.1, -0.05) is 44.5 Å². The second-order valence-electron chi connectivity index (χ2n) is 10.3. The highest BCUT2D eigenvalue weighted by Crippen LogP contribution is 2.23. The fourth-order valence-corrected chi connectivity index (χ4v) is 4.37. The number of ether oxygens (including phenoxy) is 1. The van der Waals surface area contributed by atoms with Crippen molar-refractivity contribution >= 4 is 11.6 Å². The number of hydrogen-bond donors (Lipinski definition) is 0. The van der Waals surface area contributed by atoms with Crippen LogP contribution in [0.4, 0.5) is 0 Å². The van der Waals surface area contributed by atoms with Crippen molar-refractivity contribution < 1.29 is 14.3 Å². The first-order valence-corrected chi connectivity index (χ1v) is 13.9. The van der Waals surface area contributed by atoms with Gasteiger partial charge in [0, 0.05) is 37.2 Å². The topological polar surface area (TPSA) is 85.0 Å². The Labute approximate surface area is 234 Å². The van der Waals surface area contributed by atoms with Gasteiger partial charge in [0.2, 0.25) is 0 Å². The van der Waals surface area contributed by atoms with Crippen molar-refractivity contribution in [2.24, 2.45) is 5.92 Å². The van der Waals surface area contributed by atoms with E-state index in [4.69, 9.17) is 10.00 Å². The van der Waals surface area contributed by atoms with Gasteiger partial charge in [0.15, 0.2) is 17.4 Å². The fourth-order valence-electron chi connectivity index (χ4n) is 4.37. The van der Waals surface area contributed by atoms with Gasteiger partial charge in [-0.25, -0.2) is 4.98 Å². The number of carbonyl (C=O) groups is 2. The molecule has 39 heavy (non-hydrogen) atoms. The standard InChI is InChI=1S/C21H27N3O.C12H16O2/c1-4-13-24-15-20(23-21(24)16(3)25)19-10-8-18(9-11-19)14-17(5-2)7-6-12-22;1-8(2)14-12-6-5-11(10(4)13)7-9(12)3/h8-11,15,17H,4-7,13-14H2,1-3H3;5-8H,1-4H3/t17-;/m1./s1. The SMILES string of the molecule is CC(=O)c1ccc(OC(C)C)c(C)c1.CCCn1cc(-c2ccc(C[C@H](CC)CCC#N)cc2)nc1C(C)=O. The third-order valence-corrected chi connectivity index (χ3v) is 6.52. The predicted molar refractivity (Wildman–Crippen MR) is 157 cm³/mol. The van der Waals surface area contributed by atoms with Crippen molar-refractivity contribution in [2.75, 3.05) is 0 Å². The van der Waals surface area contributed by atoms with Gasteiger partial charge in [-0.3, -0.25) is 9.59 Å². The number of aromatic nitrogens is 2. The molecule has 6 heteroatoms. The first-order chi connectivity index (χ1) is 18.6. The maximum Gasteiger partial charge on any atom is 0.195 e. The van der Waals surface area contributed by atoms with Crippen molar-refractivity contribution in [3.8, 4) is 23.1 Å². The van der Waals surface area contributed by atoms with Crippen LogP contribution in [-0.4, -0.2) is 27.2 Å². The summed E-state index contributed by atoms with van der Waals surface area (Å²) in [5.74, 6) is 2.02. The molecule has 1 aromatic heterocycles. The summed E-state index contributed by atoms with van der Waals surface area (Å²) < 4.78 is 7.51. The molecule has 1 atom stereocenters. The number of ketones is 2. The summed E-state index contributed by atoms with van der Waals surface area (Å²) in [6.07, 6.45) is 6.77. The Morgan fingerprint density at radius 2 is 1.74 bits per heavy atom. The molecule has 1 heterocycles. The molecular formula is C33H43N3O3. The van der Waals surface area contributed by atoms with Crippen LogP contribution >= 0.6 is 0 Å². The second-order valence-corrected chi connectivity index (χ2v) is 10.3. The summed E-state index contributed by atoms with van der Waals surface area (Å²) >= 11 is 0. The molecule has 3 rings (SSSR count). The van der Waals surface area contributed by atoms with E-state index in [2.05, 4.69) is 49.2 Å². The van der Waals surface area contributed by atoms with Crippen LogP contribution in [0.5, 0.6) is 5.75 Å². The molecule has 0 bridgehead atoms. The minimum atomic E-state index is -0.000370. The number of benzene rings is 2. The molecule has 208 valence electrons. The number of carbonyl (C=O) groups excluding carboxylic acids is 2. The largest absolute Gasteiger partial charge is 0.491 e. The lowest BCUT2D eigenvalue weighted by molar-refractivity contribution is 0.0995. The maximum absolute atomic E-state index is 11.8. The average Bonchev–Trinajstić information content (AvgIpc) is 3.32. The molecule has 0 N–H and O–H groups in total. The number of aryl methyl sites for hydroxylation is 2. The molecule has 0 saturated heterocycles. The van der Waals surface area contributed by atoms with Gasteiger partial charge in [-0.05, 0) is 82.2 Å². The summed E-state index contributed by atoms with van der Waals surface area (Å²) in [6, 6.07) is 16.2. The van der Waals surface area contributed by atoms with Gasteiger partial charge in [-0.15, -0.1) is 0 Å². The molecule has 6 nitrogen and oxygen atoms in total. The number of nitrogens with zero attached hydrogens (tertiary/aromatic N) is 3. The van der Waals surface area contributed by atoms with Gasteiger partial charge in [0.1, 0.15) is 5.75 Å². The molecule has 0 aliphatic carbocycles. The lowest BCUT2D eigenvalue weighted by Crippen LogP contribution is -2.07. The zero-order chi connectivity index (χ0) is 28.9. The molecule has 0 radical (unpaired) electrons. The first kappa shape index (κ1) is 31.5. The Hall–Kier alpha value is -3.72. The van der Waals surface area contributed by atoms with E-state index in [0.717, 1.165) is 60.4 Å². The van der Waals surface area contributed by atoms with Gasteiger partial charge in [0.05, 0.1) is 17.9 Å². The van der Waals surface area contributed by atoms with Crippen molar-refractivity contribution in [3.63, 3.8) is 0 Å². The van der Waals surface area contributed by atoms with Crippen LogP contribution < -0.4 is 4.74 Å². The molecule has 0 spiro atoms. The van der Waals surface area contributed by atoms with Gasteiger partial charge < -0.3 is 9.30 Å². The number of rotatable bonds is 12. The molecule has 0 aliphatic rings. The normalized spacial score (nSPS) is 11.4. The van der Waals surface area contributed by atoms with Crippen LogP contribution in [-0.2, 0) is 13.0 Å². The van der Waals surface area contributed by atoms with Crippen molar-refractivity contribution in [1.29, 1.82) is 5.26 Å². The van der Waals surface area contributed by atoms with Crippen LogP contribution in [0.1, 0.15) is 99.3 Å². The Morgan fingerprint density at radius 1 is 1.05 bits per heavy atom. The summed E-state index contributed by atoms with van der Waals surface area (Å²) in [5, 5.41) is 8.76. The molecule has 0 unspecified atom stereocenters. The Morgan fingerprint density at radius 3 is 2.26 bits per heavy atom. The molecule has 3 aromatic rings. The second kappa shape index (κ2) is 15.6. The van der Waals surface area contributed by atoms with E-state index in [9.17, 15) is 9.59 Å². The Kier molecular flexibility index (Phi) is 12.6.